The Hall–Kier alpha value is -0.440. The molecule has 1 unspecified atom stereocenters. The lowest BCUT2D eigenvalue weighted by Crippen LogP contribution is -2.13. The molecule has 0 fully saturated rings. The monoisotopic (exact) mass is 246 g/mol. The lowest BCUT2D eigenvalue weighted by Gasteiger charge is -2.17. The van der Waals surface area contributed by atoms with Crippen molar-refractivity contribution in [2.24, 2.45) is 5.92 Å². The number of carbonyl (C=O) groups excluding carboxylic acids is 1. The van der Waals surface area contributed by atoms with Crippen LogP contribution in [-0.2, 0) is 18.4 Å². The van der Waals surface area contributed by atoms with E-state index < -0.39 is 7.60 Å². The van der Waals surface area contributed by atoms with Crippen molar-refractivity contribution in [1.82, 2.24) is 0 Å². The number of hydrogen-bond donors (Lipinski definition) is 0. The van der Waals surface area contributed by atoms with Crippen molar-refractivity contribution in [2.75, 3.05) is 20.4 Å². The van der Waals surface area contributed by atoms with Gasteiger partial charge in [0.15, 0.2) is 0 Å². The van der Waals surface area contributed by atoms with E-state index in [9.17, 15) is 9.36 Å². The first-order chi connectivity index (χ1) is 7.59. The summed E-state index contributed by atoms with van der Waals surface area (Å²) in [5.41, 5.74) is 0. The van der Waals surface area contributed by atoms with Crippen molar-refractivity contribution >= 4 is 13.4 Å². The summed E-state index contributed by atoms with van der Waals surface area (Å²) in [6, 6.07) is 0. The third kappa shape index (κ3) is 4.20. The van der Waals surface area contributed by atoms with Gasteiger partial charge >= 0.3 is 7.60 Å². The average molecular weight is 246 g/mol. The van der Waals surface area contributed by atoms with Gasteiger partial charge in [0.1, 0.15) is 11.9 Å². The standard InChI is InChI=1S/C11H19O4P/c1-14-16(13,15-2)9-11(12)8-10-6-4-3-5-7-10/h4,6,10H,3,5,7-9H2,1-2H3. The molecule has 1 aliphatic rings. The molecule has 0 amide bonds. The van der Waals surface area contributed by atoms with Crippen molar-refractivity contribution < 1.29 is 18.4 Å². The van der Waals surface area contributed by atoms with Crippen LogP contribution in [0.4, 0.5) is 0 Å². The van der Waals surface area contributed by atoms with Crippen LogP contribution in [-0.4, -0.2) is 26.2 Å². The van der Waals surface area contributed by atoms with Gasteiger partial charge in [-0.2, -0.15) is 0 Å². The Bertz CT molecular complexity index is 303. The molecule has 0 bridgehead atoms. The smallest absolute Gasteiger partial charge is 0.312 e. The number of allylic oxidation sites excluding steroid dienone is 2. The molecule has 1 aliphatic carbocycles. The summed E-state index contributed by atoms with van der Waals surface area (Å²) in [6.07, 6.45) is 7.75. The van der Waals surface area contributed by atoms with Crippen LogP contribution in [0, 0.1) is 5.92 Å². The van der Waals surface area contributed by atoms with E-state index in [1.54, 1.807) is 0 Å². The predicted molar refractivity (Wildman–Crippen MR) is 62.6 cm³/mol. The van der Waals surface area contributed by atoms with Crippen LogP contribution in [0.3, 0.4) is 0 Å². The van der Waals surface area contributed by atoms with E-state index in [1.165, 1.54) is 14.2 Å². The Morgan fingerprint density at radius 1 is 1.44 bits per heavy atom. The van der Waals surface area contributed by atoms with E-state index in [0.29, 0.717) is 12.3 Å². The molecule has 4 nitrogen and oxygen atoms in total. The highest BCUT2D eigenvalue weighted by Crippen LogP contribution is 2.46. The summed E-state index contributed by atoms with van der Waals surface area (Å²) in [7, 11) is -0.571. The van der Waals surface area contributed by atoms with Crippen LogP contribution < -0.4 is 0 Å². The van der Waals surface area contributed by atoms with Crippen molar-refractivity contribution in [3.63, 3.8) is 0 Å². The molecule has 92 valence electrons. The average Bonchev–Trinajstić information content (AvgIpc) is 2.30. The fraction of sp³-hybridized carbons (Fsp3) is 0.727. The molecule has 0 aromatic heterocycles. The van der Waals surface area contributed by atoms with Gasteiger partial charge in [0.25, 0.3) is 0 Å². The SMILES string of the molecule is COP(=O)(CC(=O)CC1C=CCCC1)OC. The Morgan fingerprint density at radius 2 is 2.12 bits per heavy atom. The normalized spacial score (nSPS) is 21.0. The van der Waals surface area contributed by atoms with Crippen LogP contribution >= 0.6 is 7.60 Å². The molecule has 0 heterocycles. The second-order valence-electron chi connectivity index (χ2n) is 4.00. The Balaban J connectivity index is 2.43. The lowest BCUT2D eigenvalue weighted by atomic mass is 9.92. The minimum atomic E-state index is -3.18. The Labute approximate surface area is 96.5 Å². The summed E-state index contributed by atoms with van der Waals surface area (Å²) in [5.74, 6) is 0.243. The third-order valence-electron chi connectivity index (χ3n) is 2.77. The summed E-state index contributed by atoms with van der Waals surface area (Å²) in [4.78, 5) is 11.7. The van der Waals surface area contributed by atoms with Crippen molar-refractivity contribution in [3.05, 3.63) is 12.2 Å². The molecule has 1 rings (SSSR count). The predicted octanol–water partition coefficient (Wildman–Crippen LogP) is 2.79. The zero-order valence-electron chi connectivity index (χ0n) is 9.85. The zero-order valence-corrected chi connectivity index (χ0v) is 10.7. The molecule has 0 saturated heterocycles. The number of rotatable bonds is 6. The van der Waals surface area contributed by atoms with Crippen LogP contribution in [0.15, 0.2) is 12.2 Å². The maximum absolute atomic E-state index is 11.7. The second-order valence-corrected chi connectivity index (χ2v) is 6.26. The van der Waals surface area contributed by atoms with Gasteiger partial charge in [0.2, 0.25) is 0 Å². The van der Waals surface area contributed by atoms with Crippen LogP contribution in [0.5, 0.6) is 0 Å². The first-order valence-electron chi connectivity index (χ1n) is 5.48. The molecular weight excluding hydrogens is 227 g/mol. The molecule has 0 aromatic rings. The van der Waals surface area contributed by atoms with E-state index >= 15 is 0 Å². The number of ketones is 1. The number of carbonyl (C=O) groups is 1. The van der Waals surface area contributed by atoms with Gasteiger partial charge in [0, 0.05) is 20.6 Å². The highest BCUT2D eigenvalue weighted by molar-refractivity contribution is 7.54. The maximum atomic E-state index is 11.7. The minimum absolute atomic E-state index is 0.0522. The fourth-order valence-electron chi connectivity index (χ4n) is 1.83. The molecule has 0 saturated carbocycles. The van der Waals surface area contributed by atoms with Crippen LogP contribution in [0.2, 0.25) is 0 Å². The van der Waals surface area contributed by atoms with Crippen molar-refractivity contribution in [3.8, 4) is 0 Å². The summed E-state index contributed by atoms with van der Waals surface area (Å²) >= 11 is 0. The van der Waals surface area contributed by atoms with Crippen LogP contribution in [0.1, 0.15) is 25.7 Å². The summed E-state index contributed by atoms with van der Waals surface area (Å²) in [6.45, 7) is 0. The van der Waals surface area contributed by atoms with Crippen LogP contribution in [0.25, 0.3) is 0 Å². The summed E-state index contributed by atoms with van der Waals surface area (Å²) in [5, 5.41) is 0. The molecule has 0 N–H and O–H groups in total. The van der Waals surface area contributed by atoms with Crippen molar-refractivity contribution in [1.29, 1.82) is 0 Å². The molecule has 0 radical (unpaired) electrons. The fourth-order valence-corrected chi connectivity index (χ4v) is 2.80. The molecule has 1 atom stereocenters. The lowest BCUT2D eigenvalue weighted by molar-refractivity contribution is -0.117. The van der Waals surface area contributed by atoms with Crippen molar-refractivity contribution in [2.45, 2.75) is 25.7 Å². The van der Waals surface area contributed by atoms with Gasteiger partial charge in [-0.25, -0.2) is 0 Å². The van der Waals surface area contributed by atoms with Gasteiger partial charge in [-0.15, -0.1) is 0 Å². The van der Waals surface area contributed by atoms with E-state index in [4.69, 9.17) is 9.05 Å². The number of Topliss-reactive ketones (excluding diaryl/α,β-unsaturated/α-hetero) is 1. The van der Waals surface area contributed by atoms with E-state index in [1.807, 2.05) is 0 Å². The number of hydrogen-bond acceptors (Lipinski definition) is 4. The van der Waals surface area contributed by atoms with Gasteiger partial charge in [-0.05, 0) is 25.2 Å². The topological polar surface area (TPSA) is 52.6 Å². The maximum Gasteiger partial charge on any atom is 0.337 e. The highest BCUT2D eigenvalue weighted by atomic mass is 31.2. The zero-order chi connectivity index (χ0) is 12.0. The Morgan fingerprint density at radius 3 is 2.62 bits per heavy atom. The molecule has 5 heteroatoms. The minimum Gasteiger partial charge on any atom is -0.312 e. The third-order valence-corrected chi connectivity index (χ3v) is 4.62. The van der Waals surface area contributed by atoms with Gasteiger partial charge in [-0.3, -0.25) is 9.36 Å². The molecular formula is C11H19O4P. The largest absolute Gasteiger partial charge is 0.337 e. The highest BCUT2D eigenvalue weighted by Gasteiger charge is 2.26. The van der Waals surface area contributed by atoms with Gasteiger partial charge in [-0.1, -0.05) is 12.2 Å². The first-order valence-corrected chi connectivity index (χ1v) is 7.21. The molecule has 0 aliphatic heterocycles. The van der Waals surface area contributed by atoms with E-state index in [2.05, 4.69) is 12.2 Å². The summed E-state index contributed by atoms with van der Waals surface area (Å²) < 4.78 is 21.2. The quantitative estimate of drug-likeness (QED) is 0.534. The molecule has 0 aromatic carbocycles. The van der Waals surface area contributed by atoms with Gasteiger partial charge < -0.3 is 9.05 Å². The van der Waals surface area contributed by atoms with E-state index in [-0.39, 0.29) is 11.9 Å². The molecule has 0 spiro atoms. The van der Waals surface area contributed by atoms with Gasteiger partial charge in [0.05, 0.1) is 0 Å². The second kappa shape index (κ2) is 6.33. The molecule has 16 heavy (non-hydrogen) atoms. The Kier molecular flexibility index (Phi) is 5.39. The van der Waals surface area contributed by atoms with E-state index in [0.717, 1.165) is 19.3 Å². The first kappa shape index (κ1) is 13.6.